The monoisotopic (exact) mass is 346 g/mol. The zero-order chi connectivity index (χ0) is 18.0. The molecule has 0 aromatic rings. The highest BCUT2D eigenvalue weighted by Gasteiger charge is 2.07. The van der Waals surface area contributed by atoms with E-state index in [2.05, 4.69) is 6.92 Å². The van der Waals surface area contributed by atoms with Crippen LogP contribution in [0.5, 0.6) is 0 Å². The van der Waals surface area contributed by atoms with Gasteiger partial charge in [-0.25, -0.2) is 0 Å². The summed E-state index contributed by atoms with van der Waals surface area (Å²) in [7, 11) is 0. The van der Waals surface area contributed by atoms with Crippen LogP contribution >= 0.6 is 0 Å². The number of unbranched alkanes of at least 4 members (excludes halogenated alkanes) is 8. The maximum atomic E-state index is 11.4. The van der Waals surface area contributed by atoms with Crippen LogP contribution in [-0.4, -0.2) is 46.7 Å². The predicted octanol–water partition coefficient (Wildman–Crippen LogP) is 3.33. The molecule has 0 saturated heterocycles. The quantitative estimate of drug-likeness (QED) is 0.278. The summed E-state index contributed by atoms with van der Waals surface area (Å²) in [6.07, 6.45) is 12.2. The van der Waals surface area contributed by atoms with Crippen LogP contribution in [0.4, 0.5) is 0 Å². The molecule has 5 heteroatoms. The molecule has 24 heavy (non-hydrogen) atoms. The normalized spacial score (nSPS) is 13.7. The molecule has 0 saturated carbocycles. The molecule has 0 aliphatic rings. The number of ether oxygens (including phenoxy) is 1. The highest BCUT2D eigenvalue weighted by atomic mass is 16.5. The van der Waals surface area contributed by atoms with Crippen molar-refractivity contribution < 1.29 is 24.9 Å². The Balaban J connectivity index is 3.28. The summed E-state index contributed by atoms with van der Waals surface area (Å²) in [6, 6.07) is 0. The summed E-state index contributed by atoms with van der Waals surface area (Å²) in [5.41, 5.74) is 0. The second kappa shape index (κ2) is 17.2. The third-order valence-corrected chi connectivity index (χ3v) is 4.21. The van der Waals surface area contributed by atoms with Gasteiger partial charge in [0.05, 0.1) is 12.7 Å². The summed E-state index contributed by atoms with van der Waals surface area (Å²) < 4.78 is 4.84. The molecule has 0 rings (SSSR count). The number of hydrogen-bond donors (Lipinski definition) is 3. The Morgan fingerprint density at radius 1 is 0.833 bits per heavy atom. The Labute approximate surface area is 147 Å². The van der Waals surface area contributed by atoms with Gasteiger partial charge in [-0.2, -0.15) is 0 Å². The third-order valence-electron chi connectivity index (χ3n) is 4.21. The topological polar surface area (TPSA) is 87.0 Å². The lowest BCUT2D eigenvalue weighted by molar-refractivity contribution is -0.147. The first-order chi connectivity index (χ1) is 11.6. The summed E-state index contributed by atoms with van der Waals surface area (Å²) in [6.45, 7) is 1.68. The number of aliphatic hydroxyl groups excluding tert-OH is 3. The molecule has 0 aliphatic heterocycles. The van der Waals surface area contributed by atoms with Crippen LogP contribution in [0.25, 0.3) is 0 Å². The SMILES string of the molecule is CCCCCCC(O)CCCCCCCCC(=O)OC[C@H](O)CO. The lowest BCUT2D eigenvalue weighted by Gasteiger charge is -2.10. The number of aliphatic hydroxyl groups is 3. The van der Waals surface area contributed by atoms with Crippen LogP contribution in [0.15, 0.2) is 0 Å². The van der Waals surface area contributed by atoms with Crippen molar-refractivity contribution in [2.45, 2.75) is 103 Å². The van der Waals surface area contributed by atoms with Crippen LogP contribution in [0.3, 0.4) is 0 Å². The molecular weight excluding hydrogens is 308 g/mol. The number of esters is 1. The number of carbonyl (C=O) groups is 1. The first-order valence-electron chi connectivity index (χ1n) is 9.72. The van der Waals surface area contributed by atoms with Crippen LogP contribution in [0.1, 0.15) is 90.4 Å². The van der Waals surface area contributed by atoms with Crippen LogP contribution in [0, 0.1) is 0 Å². The van der Waals surface area contributed by atoms with Crippen LogP contribution in [0.2, 0.25) is 0 Å². The van der Waals surface area contributed by atoms with Gasteiger partial charge >= 0.3 is 5.97 Å². The molecular formula is C19H38O5. The van der Waals surface area contributed by atoms with Crippen molar-refractivity contribution in [1.82, 2.24) is 0 Å². The molecule has 0 bridgehead atoms. The van der Waals surface area contributed by atoms with E-state index in [1.807, 2.05) is 0 Å². The Kier molecular flexibility index (Phi) is 16.7. The average molecular weight is 347 g/mol. The molecule has 3 N–H and O–H groups in total. The molecule has 0 radical (unpaired) electrons. The van der Waals surface area contributed by atoms with E-state index in [0.717, 1.165) is 57.8 Å². The van der Waals surface area contributed by atoms with E-state index in [1.54, 1.807) is 0 Å². The standard InChI is InChI=1S/C19H38O5/c1-2-3-4-9-12-17(21)13-10-7-5-6-8-11-14-19(23)24-16-18(22)15-20/h17-18,20-22H,2-16H2,1H3/t17?,18-/m1/s1. The van der Waals surface area contributed by atoms with Crippen molar-refractivity contribution in [2.75, 3.05) is 13.2 Å². The summed E-state index contributed by atoms with van der Waals surface area (Å²) in [5.74, 6) is -0.311. The molecule has 0 spiro atoms. The third kappa shape index (κ3) is 16.2. The minimum Gasteiger partial charge on any atom is -0.463 e. The second-order valence-electron chi connectivity index (χ2n) is 6.68. The first-order valence-corrected chi connectivity index (χ1v) is 9.72. The van der Waals surface area contributed by atoms with E-state index in [0.29, 0.717) is 6.42 Å². The summed E-state index contributed by atoms with van der Waals surface area (Å²) in [4.78, 5) is 11.4. The van der Waals surface area contributed by atoms with Crippen molar-refractivity contribution >= 4 is 5.97 Å². The molecule has 0 amide bonds. The van der Waals surface area contributed by atoms with Crippen molar-refractivity contribution in [1.29, 1.82) is 0 Å². The van der Waals surface area contributed by atoms with Gasteiger partial charge in [-0.05, 0) is 19.3 Å². The fourth-order valence-corrected chi connectivity index (χ4v) is 2.62. The van der Waals surface area contributed by atoms with E-state index in [-0.39, 0.29) is 25.3 Å². The van der Waals surface area contributed by atoms with Gasteiger partial charge in [-0.15, -0.1) is 0 Å². The Morgan fingerprint density at radius 2 is 1.38 bits per heavy atom. The van der Waals surface area contributed by atoms with Gasteiger partial charge in [0.2, 0.25) is 0 Å². The number of carbonyl (C=O) groups excluding carboxylic acids is 1. The maximum Gasteiger partial charge on any atom is 0.305 e. The average Bonchev–Trinajstić information content (AvgIpc) is 2.58. The minimum atomic E-state index is -0.976. The van der Waals surface area contributed by atoms with Crippen molar-refractivity contribution in [3.8, 4) is 0 Å². The fraction of sp³-hybridized carbons (Fsp3) is 0.947. The van der Waals surface area contributed by atoms with Gasteiger partial charge in [-0.1, -0.05) is 64.7 Å². The Morgan fingerprint density at radius 3 is 1.96 bits per heavy atom. The smallest absolute Gasteiger partial charge is 0.305 e. The fourth-order valence-electron chi connectivity index (χ4n) is 2.62. The number of rotatable bonds is 17. The second-order valence-corrected chi connectivity index (χ2v) is 6.68. The summed E-state index contributed by atoms with van der Waals surface area (Å²) in [5, 5.41) is 27.5. The first kappa shape index (κ1) is 23.4. The Bertz CT molecular complexity index is 283. The highest BCUT2D eigenvalue weighted by molar-refractivity contribution is 5.69. The van der Waals surface area contributed by atoms with E-state index in [9.17, 15) is 9.90 Å². The van der Waals surface area contributed by atoms with Crippen LogP contribution < -0.4 is 0 Å². The lowest BCUT2D eigenvalue weighted by atomic mass is 10.0. The van der Waals surface area contributed by atoms with Gasteiger partial charge in [0.25, 0.3) is 0 Å². The van der Waals surface area contributed by atoms with Gasteiger partial charge in [0, 0.05) is 6.42 Å². The zero-order valence-corrected chi connectivity index (χ0v) is 15.4. The van der Waals surface area contributed by atoms with E-state index in [1.165, 1.54) is 19.3 Å². The van der Waals surface area contributed by atoms with E-state index in [4.69, 9.17) is 14.9 Å². The molecule has 0 fully saturated rings. The Hall–Kier alpha value is -0.650. The zero-order valence-electron chi connectivity index (χ0n) is 15.4. The molecule has 0 heterocycles. The van der Waals surface area contributed by atoms with Crippen molar-refractivity contribution in [3.05, 3.63) is 0 Å². The molecule has 0 aliphatic carbocycles. The molecule has 5 nitrogen and oxygen atoms in total. The van der Waals surface area contributed by atoms with Gasteiger partial charge in [-0.3, -0.25) is 4.79 Å². The largest absolute Gasteiger partial charge is 0.463 e. The van der Waals surface area contributed by atoms with Gasteiger partial charge < -0.3 is 20.1 Å². The van der Waals surface area contributed by atoms with Gasteiger partial charge in [0.1, 0.15) is 12.7 Å². The van der Waals surface area contributed by atoms with Crippen molar-refractivity contribution in [3.63, 3.8) is 0 Å². The molecule has 2 atom stereocenters. The molecule has 1 unspecified atom stereocenters. The predicted molar refractivity (Wildman–Crippen MR) is 95.8 cm³/mol. The number of hydrogen-bond acceptors (Lipinski definition) is 5. The summed E-state index contributed by atoms with van der Waals surface area (Å²) >= 11 is 0. The molecule has 144 valence electrons. The molecule has 0 aromatic carbocycles. The highest BCUT2D eigenvalue weighted by Crippen LogP contribution is 2.13. The minimum absolute atomic E-state index is 0.129. The van der Waals surface area contributed by atoms with E-state index < -0.39 is 6.10 Å². The van der Waals surface area contributed by atoms with E-state index >= 15 is 0 Å². The maximum absolute atomic E-state index is 11.4. The van der Waals surface area contributed by atoms with Crippen LogP contribution in [-0.2, 0) is 9.53 Å². The lowest BCUT2D eigenvalue weighted by Crippen LogP contribution is -2.21. The van der Waals surface area contributed by atoms with Gasteiger partial charge in [0.15, 0.2) is 0 Å². The molecule has 0 aromatic heterocycles. The van der Waals surface area contributed by atoms with Crippen molar-refractivity contribution in [2.24, 2.45) is 0 Å².